The second kappa shape index (κ2) is 7.50. The van der Waals surface area contributed by atoms with Gasteiger partial charge in [0.2, 0.25) is 5.91 Å². The van der Waals surface area contributed by atoms with Crippen LogP contribution in [-0.2, 0) is 9.59 Å². The lowest BCUT2D eigenvalue weighted by Crippen LogP contribution is -2.20. The maximum Gasteiger partial charge on any atom is 0.316 e. The van der Waals surface area contributed by atoms with Gasteiger partial charge in [0.1, 0.15) is 5.25 Å². The summed E-state index contributed by atoms with van der Waals surface area (Å²) >= 11 is 1.27. The maximum absolute atomic E-state index is 12.0. The van der Waals surface area contributed by atoms with E-state index in [0.29, 0.717) is 18.5 Å². The van der Waals surface area contributed by atoms with E-state index in [4.69, 9.17) is 5.11 Å². The lowest BCUT2D eigenvalue weighted by molar-refractivity contribution is -0.136. The first-order chi connectivity index (χ1) is 9.73. The number of para-hydroxylation sites is 1. The van der Waals surface area contributed by atoms with Gasteiger partial charge in [-0.3, -0.25) is 9.59 Å². The number of carboxylic acid groups (broad SMARTS) is 1. The number of carbonyl (C=O) groups excluding carboxylic acids is 1. The van der Waals surface area contributed by atoms with Crippen molar-refractivity contribution in [3.8, 4) is 0 Å². The van der Waals surface area contributed by atoms with Crippen molar-refractivity contribution in [3.05, 3.63) is 24.3 Å². The summed E-state index contributed by atoms with van der Waals surface area (Å²) in [6, 6.07) is 7.31. The molecule has 1 aromatic rings. The summed E-state index contributed by atoms with van der Waals surface area (Å²) < 4.78 is 0. The van der Waals surface area contributed by atoms with Crippen LogP contribution in [0.15, 0.2) is 29.2 Å². The maximum atomic E-state index is 12.0. The minimum Gasteiger partial charge on any atom is -0.480 e. The van der Waals surface area contributed by atoms with Gasteiger partial charge in [-0.25, -0.2) is 0 Å². The van der Waals surface area contributed by atoms with Gasteiger partial charge in [-0.2, -0.15) is 0 Å². The second-order valence-electron chi connectivity index (χ2n) is 6.13. The lowest BCUT2D eigenvalue weighted by Gasteiger charge is -2.19. The number of thioether (sulfide) groups is 1. The molecule has 0 saturated carbocycles. The number of hydrogen-bond acceptors (Lipinski definition) is 3. The van der Waals surface area contributed by atoms with Crippen LogP contribution in [0, 0.1) is 5.41 Å². The number of nitrogens with one attached hydrogen (secondary N) is 1. The fourth-order valence-electron chi connectivity index (χ4n) is 1.81. The van der Waals surface area contributed by atoms with Crippen molar-refractivity contribution < 1.29 is 14.7 Å². The minimum absolute atomic E-state index is 0.0566. The summed E-state index contributed by atoms with van der Waals surface area (Å²) in [6.45, 7) is 7.85. The third kappa shape index (κ3) is 6.21. The van der Waals surface area contributed by atoms with E-state index in [0.717, 1.165) is 4.90 Å². The molecule has 0 aliphatic carbocycles. The molecule has 116 valence electrons. The molecule has 0 spiro atoms. The van der Waals surface area contributed by atoms with Gasteiger partial charge in [-0.1, -0.05) is 39.8 Å². The van der Waals surface area contributed by atoms with Crippen LogP contribution >= 0.6 is 11.8 Å². The number of amides is 1. The smallest absolute Gasteiger partial charge is 0.316 e. The average Bonchev–Trinajstić information content (AvgIpc) is 2.34. The van der Waals surface area contributed by atoms with E-state index < -0.39 is 11.2 Å². The van der Waals surface area contributed by atoms with E-state index >= 15 is 0 Å². The van der Waals surface area contributed by atoms with Crippen LogP contribution in [0.3, 0.4) is 0 Å². The molecule has 5 heteroatoms. The Morgan fingerprint density at radius 2 is 1.90 bits per heavy atom. The zero-order chi connectivity index (χ0) is 16.0. The van der Waals surface area contributed by atoms with Crippen molar-refractivity contribution in [2.24, 2.45) is 5.41 Å². The van der Waals surface area contributed by atoms with Gasteiger partial charge < -0.3 is 10.4 Å². The lowest BCUT2D eigenvalue weighted by atomic mass is 9.92. The molecule has 1 amide bonds. The van der Waals surface area contributed by atoms with E-state index in [1.807, 2.05) is 45.9 Å². The summed E-state index contributed by atoms with van der Waals surface area (Å²) in [5, 5.41) is 11.5. The van der Waals surface area contributed by atoms with Crippen LogP contribution in [0.5, 0.6) is 0 Å². The largest absolute Gasteiger partial charge is 0.480 e. The molecule has 21 heavy (non-hydrogen) atoms. The molecule has 1 atom stereocenters. The van der Waals surface area contributed by atoms with E-state index in [1.165, 1.54) is 11.8 Å². The fraction of sp³-hybridized carbons (Fsp3) is 0.500. The summed E-state index contributed by atoms with van der Waals surface area (Å²) in [6.07, 6.45) is 0.951. The van der Waals surface area contributed by atoms with Crippen molar-refractivity contribution in [1.82, 2.24) is 0 Å². The highest BCUT2D eigenvalue weighted by molar-refractivity contribution is 8.00. The van der Waals surface area contributed by atoms with Gasteiger partial charge in [-0.15, -0.1) is 11.8 Å². The Balaban J connectivity index is 2.84. The first-order valence-corrected chi connectivity index (χ1v) is 7.89. The standard InChI is InChI=1S/C16H23NO3S/c1-5-12(15(19)20)21-13-9-7-6-8-11(13)17-14(18)10-16(2,3)4/h6-9,12H,5,10H2,1-4H3,(H,17,18)(H,19,20). The van der Waals surface area contributed by atoms with Crippen molar-refractivity contribution in [1.29, 1.82) is 0 Å². The molecule has 0 aromatic heterocycles. The van der Waals surface area contributed by atoms with Crippen molar-refractivity contribution >= 4 is 29.3 Å². The predicted octanol–water partition coefficient (Wildman–Crippen LogP) is 4.02. The predicted molar refractivity (Wildman–Crippen MR) is 86.7 cm³/mol. The molecule has 4 nitrogen and oxygen atoms in total. The molecule has 0 radical (unpaired) electrons. The van der Waals surface area contributed by atoms with Crippen LogP contribution in [0.1, 0.15) is 40.5 Å². The summed E-state index contributed by atoms with van der Waals surface area (Å²) in [5.41, 5.74) is 0.593. The highest BCUT2D eigenvalue weighted by Gasteiger charge is 2.20. The van der Waals surface area contributed by atoms with Gasteiger partial charge in [0.15, 0.2) is 0 Å². The Morgan fingerprint density at radius 3 is 2.43 bits per heavy atom. The molecule has 0 aliphatic heterocycles. The Hall–Kier alpha value is -1.49. The number of aliphatic carboxylic acids is 1. The van der Waals surface area contributed by atoms with Crippen LogP contribution in [0.4, 0.5) is 5.69 Å². The Kier molecular flexibility index (Phi) is 6.27. The second-order valence-corrected chi connectivity index (χ2v) is 7.38. The molecule has 0 bridgehead atoms. The van der Waals surface area contributed by atoms with Crippen molar-refractivity contribution in [2.75, 3.05) is 5.32 Å². The van der Waals surface area contributed by atoms with Gasteiger partial charge in [0.25, 0.3) is 0 Å². The van der Waals surface area contributed by atoms with Crippen LogP contribution in [0.2, 0.25) is 0 Å². The molecule has 0 heterocycles. The summed E-state index contributed by atoms with van der Waals surface area (Å²) in [4.78, 5) is 24.0. The SMILES string of the molecule is CCC(Sc1ccccc1NC(=O)CC(C)(C)C)C(=O)O. The number of anilines is 1. The van der Waals surface area contributed by atoms with Gasteiger partial charge in [0.05, 0.1) is 5.69 Å². The Bertz CT molecular complexity index is 508. The monoisotopic (exact) mass is 309 g/mol. The molecule has 1 aromatic carbocycles. The van der Waals surface area contributed by atoms with Crippen molar-refractivity contribution in [3.63, 3.8) is 0 Å². The molecule has 0 saturated heterocycles. The summed E-state index contributed by atoms with van der Waals surface area (Å²) in [7, 11) is 0. The van der Waals surface area contributed by atoms with E-state index in [9.17, 15) is 9.59 Å². The average molecular weight is 309 g/mol. The van der Waals surface area contributed by atoms with Gasteiger partial charge in [0, 0.05) is 11.3 Å². The third-order valence-electron chi connectivity index (χ3n) is 2.77. The topological polar surface area (TPSA) is 66.4 Å². The van der Waals surface area contributed by atoms with Crippen molar-refractivity contribution in [2.45, 2.75) is 50.7 Å². The normalized spacial score (nSPS) is 12.8. The first-order valence-electron chi connectivity index (χ1n) is 7.01. The number of carbonyl (C=O) groups is 2. The highest BCUT2D eigenvalue weighted by Crippen LogP contribution is 2.32. The Morgan fingerprint density at radius 1 is 1.29 bits per heavy atom. The molecular formula is C16H23NO3S. The van der Waals surface area contributed by atoms with E-state index in [-0.39, 0.29) is 11.3 Å². The van der Waals surface area contributed by atoms with Gasteiger partial charge >= 0.3 is 5.97 Å². The molecular weight excluding hydrogens is 286 g/mol. The zero-order valence-corrected chi connectivity index (χ0v) is 13.8. The zero-order valence-electron chi connectivity index (χ0n) is 13.0. The van der Waals surface area contributed by atoms with Crippen LogP contribution in [-0.4, -0.2) is 22.2 Å². The molecule has 2 N–H and O–H groups in total. The Labute approximate surface area is 130 Å². The highest BCUT2D eigenvalue weighted by atomic mass is 32.2. The third-order valence-corrected chi connectivity index (χ3v) is 4.20. The summed E-state index contributed by atoms with van der Waals surface area (Å²) in [5.74, 6) is -0.891. The molecule has 1 unspecified atom stereocenters. The quantitative estimate of drug-likeness (QED) is 0.779. The minimum atomic E-state index is -0.835. The number of rotatable bonds is 6. The number of carboxylic acids is 1. The number of benzene rings is 1. The molecule has 0 aliphatic rings. The van der Waals surface area contributed by atoms with E-state index in [1.54, 1.807) is 6.07 Å². The van der Waals surface area contributed by atoms with Crippen LogP contribution in [0.25, 0.3) is 0 Å². The van der Waals surface area contributed by atoms with Crippen LogP contribution < -0.4 is 5.32 Å². The molecule has 1 rings (SSSR count). The van der Waals surface area contributed by atoms with Gasteiger partial charge in [-0.05, 0) is 24.0 Å². The molecule has 0 fully saturated rings. The first kappa shape index (κ1) is 17.6. The fourth-order valence-corrected chi connectivity index (χ4v) is 2.79. The number of hydrogen-bond donors (Lipinski definition) is 2. The van der Waals surface area contributed by atoms with E-state index in [2.05, 4.69) is 5.32 Å².